The van der Waals surface area contributed by atoms with Gasteiger partial charge in [0.25, 0.3) is 5.91 Å². The van der Waals surface area contributed by atoms with Crippen molar-refractivity contribution >= 4 is 5.91 Å². The molecule has 0 spiro atoms. The Labute approximate surface area is 147 Å². The molecule has 0 bridgehead atoms. The quantitative estimate of drug-likeness (QED) is 0.836. The van der Waals surface area contributed by atoms with Crippen molar-refractivity contribution in [1.82, 2.24) is 5.32 Å². The van der Waals surface area contributed by atoms with Crippen LogP contribution in [0, 0.1) is 5.92 Å². The van der Waals surface area contributed by atoms with E-state index in [4.69, 9.17) is 14.2 Å². The van der Waals surface area contributed by atoms with Gasteiger partial charge in [-0.1, -0.05) is 12.1 Å². The van der Waals surface area contributed by atoms with E-state index in [0.717, 1.165) is 24.2 Å². The Bertz CT molecular complexity index is 738. The molecule has 1 amide bonds. The zero-order valence-corrected chi connectivity index (χ0v) is 14.7. The second-order valence-corrected chi connectivity index (χ2v) is 6.13. The maximum absolute atomic E-state index is 12.9. The summed E-state index contributed by atoms with van der Waals surface area (Å²) in [5, 5.41) is 3.16. The Morgan fingerprint density at radius 3 is 2.16 bits per heavy atom. The molecule has 1 aliphatic carbocycles. The van der Waals surface area contributed by atoms with E-state index in [2.05, 4.69) is 5.32 Å². The number of carbonyl (C=O) groups is 1. The van der Waals surface area contributed by atoms with Crippen LogP contribution >= 0.6 is 0 Å². The first-order chi connectivity index (χ1) is 12.2. The van der Waals surface area contributed by atoms with E-state index in [1.54, 1.807) is 39.5 Å². The molecule has 0 radical (unpaired) electrons. The molecule has 5 nitrogen and oxygen atoms in total. The lowest BCUT2D eigenvalue weighted by atomic mass is 10.0. The minimum atomic E-state index is -0.163. The molecule has 2 aromatic rings. The van der Waals surface area contributed by atoms with Crippen molar-refractivity contribution in [1.29, 1.82) is 0 Å². The highest BCUT2D eigenvalue weighted by molar-refractivity contribution is 5.97. The van der Waals surface area contributed by atoms with Crippen LogP contribution in [0.3, 0.4) is 0 Å². The van der Waals surface area contributed by atoms with Crippen molar-refractivity contribution < 1.29 is 19.0 Å². The Balaban J connectivity index is 1.83. The Kier molecular flexibility index (Phi) is 5.12. The fourth-order valence-electron chi connectivity index (χ4n) is 2.92. The average Bonchev–Trinajstić information content (AvgIpc) is 3.50. The third-order valence-electron chi connectivity index (χ3n) is 4.51. The fraction of sp³-hybridized carbons (Fsp3) is 0.350. The van der Waals surface area contributed by atoms with Crippen molar-refractivity contribution in [3.63, 3.8) is 0 Å². The molecule has 1 atom stereocenters. The van der Waals surface area contributed by atoms with Crippen LogP contribution in [-0.2, 0) is 0 Å². The van der Waals surface area contributed by atoms with Crippen LogP contribution in [-0.4, -0.2) is 27.2 Å². The number of carbonyl (C=O) groups excluding carboxylic acids is 1. The number of ether oxygens (including phenoxy) is 3. The predicted octanol–water partition coefficient (Wildman–Crippen LogP) is 3.59. The zero-order chi connectivity index (χ0) is 17.8. The Morgan fingerprint density at radius 2 is 1.60 bits per heavy atom. The third kappa shape index (κ3) is 3.87. The van der Waals surface area contributed by atoms with Crippen LogP contribution in [0.4, 0.5) is 0 Å². The molecule has 0 saturated heterocycles. The summed E-state index contributed by atoms with van der Waals surface area (Å²) in [5.41, 5.74) is 1.56. The number of benzene rings is 2. The summed E-state index contributed by atoms with van der Waals surface area (Å²) in [4.78, 5) is 12.9. The SMILES string of the molecule is COc1ccc(C(NC(=O)c2cc(OC)ccc2OC)C2CC2)cc1. The van der Waals surface area contributed by atoms with E-state index in [1.165, 1.54) is 0 Å². The van der Waals surface area contributed by atoms with E-state index in [-0.39, 0.29) is 11.9 Å². The third-order valence-corrected chi connectivity index (χ3v) is 4.51. The molecule has 0 heterocycles. The summed E-state index contributed by atoms with van der Waals surface area (Å²) in [6.07, 6.45) is 2.23. The number of nitrogens with one attached hydrogen (secondary N) is 1. The molecule has 0 aliphatic heterocycles. The Morgan fingerprint density at radius 1 is 0.960 bits per heavy atom. The van der Waals surface area contributed by atoms with Gasteiger partial charge in [0, 0.05) is 0 Å². The van der Waals surface area contributed by atoms with Crippen molar-refractivity contribution in [3.8, 4) is 17.2 Å². The van der Waals surface area contributed by atoms with E-state index in [1.807, 2.05) is 24.3 Å². The van der Waals surface area contributed by atoms with Gasteiger partial charge in [-0.05, 0) is 54.7 Å². The lowest BCUT2D eigenvalue weighted by molar-refractivity contribution is 0.0928. The van der Waals surface area contributed by atoms with E-state index in [0.29, 0.717) is 23.0 Å². The molecule has 1 saturated carbocycles. The smallest absolute Gasteiger partial charge is 0.255 e. The second-order valence-electron chi connectivity index (χ2n) is 6.13. The van der Waals surface area contributed by atoms with E-state index in [9.17, 15) is 4.79 Å². The van der Waals surface area contributed by atoms with Crippen molar-refractivity contribution in [2.45, 2.75) is 18.9 Å². The van der Waals surface area contributed by atoms with Gasteiger partial charge in [0.2, 0.25) is 0 Å². The van der Waals surface area contributed by atoms with Gasteiger partial charge < -0.3 is 19.5 Å². The van der Waals surface area contributed by atoms with E-state index >= 15 is 0 Å². The molecule has 25 heavy (non-hydrogen) atoms. The molecular formula is C20H23NO4. The Hall–Kier alpha value is -2.69. The highest BCUT2D eigenvalue weighted by atomic mass is 16.5. The molecule has 5 heteroatoms. The van der Waals surface area contributed by atoms with Gasteiger partial charge in [-0.15, -0.1) is 0 Å². The molecule has 1 unspecified atom stereocenters. The maximum Gasteiger partial charge on any atom is 0.255 e. The summed E-state index contributed by atoms with van der Waals surface area (Å²) in [6, 6.07) is 13.0. The highest BCUT2D eigenvalue weighted by Gasteiger charge is 2.34. The predicted molar refractivity (Wildman–Crippen MR) is 95.5 cm³/mol. The molecule has 1 N–H and O–H groups in total. The van der Waals surface area contributed by atoms with Crippen LogP contribution in [0.15, 0.2) is 42.5 Å². The van der Waals surface area contributed by atoms with E-state index < -0.39 is 0 Å². The van der Waals surface area contributed by atoms with Crippen molar-refractivity contribution in [3.05, 3.63) is 53.6 Å². The van der Waals surface area contributed by atoms with Gasteiger partial charge in [0.1, 0.15) is 17.2 Å². The minimum absolute atomic E-state index is 0.0192. The zero-order valence-electron chi connectivity index (χ0n) is 14.7. The lowest BCUT2D eigenvalue weighted by Crippen LogP contribution is -2.30. The molecule has 1 fully saturated rings. The van der Waals surface area contributed by atoms with Gasteiger partial charge in [-0.2, -0.15) is 0 Å². The number of rotatable bonds is 7. The summed E-state index contributed by atoms with van der Waals surface area (Å²) in [5.74, 6) is 2.26. The second kappa shape index (κ2) is 7.47. The molecule has 0 aromatic heterocycles. The van der Waals surface area contributed by atoms with Crippen LogP contribution < -0.4 is 19.5 Å². The van der Waals surface area contributed by atoms with Crippen molar-refractivity contribution in [2.75, 3.05) is 21.3 Å². The summed E-state index contributed by atoms with van der Waals surface area (Å²) < 4.78 is 15.8. The molecule has 132 valence electrons. The summed E-state index contributed by atoms with van der Waals surface area (Å²) >= 11 is 0. The average molecular weight is 341 g/mol. The summed E-state index contributed by atoms with van der Waals surface area (Å²) in [7, 11) is 4.78. The number of hydrogen-bond donors (Lipinski definition) is 1. The molecule has 3 rings (SSSR count). The van der Waals surface area contributed by atoms with Gasteiger partial charge in [0.05, 0.1) is 32.9 Å². The maximum atomic E-state index is 12.9. The standard InChI is InChI=1S/C20H23NO4/c1-23-15-8-6-14(7-9-15)19(13-4-5-13)21-20(22)17-12-16(24-2)10-11-18(17)25-3/h6-13,19H,4-5H2,1-3H3,(H,21,22). The van der Waals surface area contributed by atoms with Crippen molar-refractivity contribution in [2.24, 2.45) is 5.92 Å². The van der Waals surface area contributed by atoms with Gasteiger partial charge in [-0.3, -0.25) is 4.79 Å². The monoisotopic (exact) mass is 341 g/mol. The number of methoxy groups -OCH3 is 3. The normalized spacial score (nSPS) is 14.5. The topological polar surface area (TPSA) is 56.8 Å². The van der Waals surface area contributed by atoms with Gasteiger partial charge in [0.15, 0.2) is 0 Å². The lowest BCUT2D eigenvalue weighted by Gasteiger charge is -2.20. The number of amides is 1. The minimum Gasteiger partial charge on any atom is -0.497 e. The molecule has 1 aliphatic rings. The fourth-order valence-corrected chi connectivity index (χ4v) is 2.92. The largest absolute Gasteiger partial charge is 0.497 e. The number of hydrogen-bond acceptors (Lipinski definition) is 4. The van der Waals surface area contributed by atoms with Gasteiger partial charge >= 0.3 is 0 Å². The summed E-state index contributed by atoms with van der Waals surface area (Å²) in [6.45, 7) is 0. The first-order valence-electron chi connectivity index (χ1n) is 8.33. The highest BCUT2D eigenvalue weighted by Crippen LogP contribution is 2.41. The van der Waals surface area contributed by atoms with Crippen LogP contribution in [0.25, 0.3) is 0 Å². The first-order valence-corrected chi connectivity index (χ1v) is 8.33. The molecule has 2 aromatic carbocycles. The van der Waals surface area contributed by atoms with Crippen LogP contribution in [0.5, 0.6) is 17.2 Å². The van der Waals surface area contributed by atoms with Crippen LogP contribution in [0.1, 0.15) is 34.8 Å². The van der Waals surface area contributed by atoms with Gasteiger partial charge in [-0.25, -0.2) is 0 Å². The first kappa shape index (κ1) is 17.1. The molecular weight excluding hydrogens is 318 g/mol. The van der Waals surface area contributed by atoms with Crippen LogP contribution in [0.2, 0.25) is 0 Å².